The molecule has 0 unspecified atom stereocenters. The average molecular weight is 407 g/mol. The van der Waals surface area contributed by atoms with E-state index in [2.05, 4.69) is 24.2 Å². The van der Waals surface area contributed by atoms with Crippen LogP contribution in [-0.4, -0.2) is 26.2 Å². The first-order chi connectivity index (χ1) is 9.56. The molecule has 0 heterocycles. The minimum Gasteiger partial charge on any atom is -0.493 e. The molecule has 3 N–H and O–H groups in total. The lowest BCUT2D eigenvalue weighted by molar-refractivity contribution is 0.310. The fourth-order valence-electron chi connectivity index (χ4n) is 1.63. The number of nitrogens with two attached hydrogens (primary N) is 1. The minimum atomic E-state index is 0. The summed E-state index contributed by atoms with van der Waals surface area (Å²) in [6.45, 7) is 8.13. The van der Waals surface area contributed by atoms with Crippen LogP contribution in [0.1, 0.15) is 26.3 Å². The van der Waals surface area contributed by atoms with Gasteiger partial charge in [0.1, 0.15) is 0 Å². The van der Waals surface area contributed by atoms with E-state index in [1.54, 1.807) is 7.11 Å². The summed E-state index contributed by atoms with van der Waals surface area (Å²) in [4.78, 5) is 4.30. The summed E-state index contributed by atoms with van der Waals surface area (Å²) in [6.07, 6.45) is 0. The van der Waals surface area contributed by atoms with E-state index in [4.69, 9.17) is 15.2 Å². The molecular formula is C15H26IN3O2. The Morgan fingerprint density at radius 1 is 1.33 bits per heavy atom. The second kappa shape index (κ2) is 10.5. The van der Waals surface area contributed by atoms with Gasteiger partial charge in [0.15, 0.2) is 17.5 Å². The third kappa shape index (κ3) is 7.40. The van der Waals surface area contributed by atoms with Crippen LogP contribution in [-0.2, 0) is 6.54 Å². The number of hydrogen-bond donors (Lipinski definition) is 2. The molecule has 1 aromatic carbocycles. The van der Waals surface area contributed by atoms with Gasteiger partial charge in [-0.1, -0.05) is 19.9 Å². The zero-order chi connectivity index (χ0) is 15.0. The lowest BCUT2D eigenvalue weighted by Gasteiger charge is -2.11. The highest BCUT2D eigenvalue weighted by Gasteiger charge is 2.05. The zero-order valence-electron chi connectivity index (χ0n) is 13.2. The summed E-state index contributed by atoms with van der Waals surface area (Å²) in [6, 6.07) is 5.78. The first-order valence-electron chi connectivity index (χ1n) is 6.90. The van der Waals surface area contributed by atoms with Crippen LogP contribution < -0.4 is 20.5 Å². The van der Waals surface area contributed by atoms with Crippen molar-refractivity contribution in [3.63, 3.8) is 0 Å². The van der Waals surface area contributed by atoms with Gasteiger partial charge in [-0.05, 0) is 30.5 Å². The Morgan fingerprint density at radius 3 is 2.62 bits per heavy atom. The van der Waals surface area contributed by atoms with E-state index >= 15 is 0 Å². The van der Waals surface area contributed by atoms with Crippen LogP contribution in [0.15, 0.2) is 23.2 Å². The summed E-state index contributed by atoms with van der Waals surface area (Å²) >= 11 is 0. The van der Waals surface area contributed by atoms with Crippen molar-refractivity contribution in [3.8, 4) is 11.5 Å². The molecule has 0 fully saturated rings. The van der Waals surface area contributed by atoms with E-state index < -0.39 is 0 Å². The Morgan fingerprint density at radius 2 is 2.05 bits per heavy atom. The molecule has 0 saturated carbocycles. The predicted octanol–water partition coefficient (Wildman–Crippen LogP) is 2.77. The van der Waals surface area contributed by atoms with Crippen LogP contribution >= 0.6 is 24.0 Å². The smallest absolute Gasteiger partial charge is 0.188 e. The molecule has 0 aliphatic heterocycles. The summed E-state index contributed by atoms with van der Waals surface area (Å²) in [5.74, 6) is 2.46. The van der Waals surface area contributed by atoms with E-state index in [0.29, 0.717) is 30.8 Å². The Hall–Kier alpha value is -1.18. The molecule has 0 bridgehead atoms. The molecule has 0 saturated heterocycles. The maximum atomic E-state index is 5.80. The van der Waals surface area contributed by atoms with Crippen LogP contribution in [0.5, 0.6) is 11.5 Å². The maximum absolute atomic E-state index is 5.80. The highest BCUT2D eigenvalue weighted by Crippen LogP contribution is 2.28. The van der Waals surface area contributed by atoms with Crippen molar-refractivity contribution in [2.24, 2.45) is 16.6 Å². The SMILES string of the molecule is CCOc1ccc(CN=C(N)NCC(C)C)cc1OC.I. The van der Waals surface area contributed by atoms with Gasteiger partial charge in [-0.3, -0.25) is 0 Å². The average Bonchev–Trinajstić information content (AvgIpc) is 2.44. The Balaban J connectivity index is 0.00000400. The number of nitrogens with one attached hydrogen (secondary N) is 1. The van der Waals surface area contributed by atoms with Crippen molar-refractivity contribution in [2.75, 3.05) is 20.3 Å². The van der Waals surface area contributed by atoms with Crippen molar-refractivity contribution >= 4 is 29.9 Å². The Bertz CT molecular complexity index is 451. The maximum Gasteiger partial charge on any atom is 0.188 e. The molecule has 6 heteroatoms. The monoisotopic (exact) mass is 407 g/mol. The summed E-state index contributed by atoms with van der Waals surface area (Å²) in [5.41, 5.74) is 6.83. The molecule has 21 heavy (non-hydrogen) atoms. The molecule has 0 spiro atoms. The third-order valence-electron chi connectivity index (χ3n) is 2.65. The molecular weight excluding hydrogens is 381 g/mol. The molecule has 5 nitrogen and oxygen atoms in total. The number of ether oxygens (including phenoxy) is 2. The van der Waals surface area contributed by atoms with E-state index in [-0.39, 0.29) is 24.0 Å². The standard InChI is InChI=1S/C15H25N3O2.HI/c1-5-20-13-7-6-12(8-14(13)19-4)10-18-15(16)17-9-11(2)3;/h6-8,11H,5,9-10H2,1-4H3,(H3,16,17,18);1H. The molecule has 120 valence electrons. The van der Waals surface area contributed by atoms with Gasteiger partial charge in [-0.2, -0.15) is 0 Å². The number of rotatable bonds is 7. The third-order valence-corrected chi connectivity index (χ3v) is 2.65. The summed E-state index contributed by atoms with van der Waals surface area (Å²) < 4.78 is 10.8. The Kier molecular flexibility index (Phi) is 9.94. The predicted molar refractivity (Wildman–Crippen MR) is 97.7 cm³/mol. The summed E-state index contributed by atoms with van der Waals surface area (Å²) in [7, 11) is 1.63. The van der Waals surface area contributed by atoms with Crippen molar-refractivity contribution in [1.82, 2.24) is 5.32 Å². The van der Waals surface area contributed by atoms with Gasteiger partial charge in [0.25, 0.3) is 0 Å². The van der Waals surface area contributed by atoms with Crippen LogP contribution in [0.25, 0.3) is 0 Å². The highest BCUT2D eigenvalue weighted by atomic mass is 127. The van der Waals surface area contributed by atoms with Gasteiger partial charge < -0.3 is 20.5 Å². The van der Waals surface area contributed by atoms with Crippen LogP contribution in [0, 0.1) is 5.92 Å². The Labute approximate surface area is 144 Å². The van der Waals surface area contributed by atoms with E-state index in [1.807, 2.05) is 25.1 Å². The van der Waals surface area contributed by atoms with Gasteiger partial charge in [0.2, 0.25) is 0 Å². The van der Waals surface area contributed by atoms with Crippen molar-refractivity contribution < 1.29 is 9.47 Å². The number of methoxy groups -OCH3 is 1. The van der Waals surface area contributed by atoms with Gasteiger partial charge in [-0.25, -0.2) is 4.99 Å². The van der Waals surface area contributed by atoms with E-state index in [0.717, 1.165) is 17.9 Å². The molecule has 0 aliphatic rings. The van der Waals surface area contributed by atoms with E-state index in [9.17, 15) is 0 Å². The van der Waals surface area contributed by atoms with Gasteiger partial charge in [-0.15, -0.1) is 24.0 Å². The molecule has 0 atom stereocenters. The first-order valence-corrected chi connectivity index (χ1v) is 6.90. The fourth-order valence-corrected chi connectivity index (χ4v) is 1.63. The molecule has 0 aliphatic carbocycles. The number of aliphatic imine (C=N–C) groups is 1. The number of benzene rings is 1. The van der Waals surface area contributed by atoms with Crippen molar-refractivity contribution in [1.29, 1.82) is 0 Å². The number of nitrogens with zero attached hydrogens (tertiary/aromatic N) is 1. The zero-order valence-corrected chi connectivity index (χ0v) is 15.5. The summed E-state index contributed by atoms with van der Waals surface area (Å²) in [5, 5.41) is 3.08. The quantitative estimate of drug-likeness (QED) is 0.415. The normalized spacial score (nSPS) is 11.0. The largest absolute Gasteiger partial charge is 0.493 e. The second-order valence-electron chi connectivity index (χ2n) is 4.89. The highest BCUT2D eigenvalue weighted by molar-refractivity contribution is 14.0. The second-order valence-corrected chi connectivity index (χ2v) is 4.89. The molecule has 0 aromatic heterocycles. The van der Waals surface area contributed by atoms with Crippen LogP contribution in [0.2, 0.25) is 0 Å². The topological polar surface area (TPSA) is 68.9 Å². The molecule has 1 rings (SSSR count). The van der Waals surface area contributed by atoms with Crippen LogP contribution in [0.4, 0.5) is 0 Å². The van der Waals surface area contributed by atoms with Crippen LogP contribution in [0.3, 0.4) is 0 Å². The number of guanidine groups is 1. The van der Waals surface area contributed by atoms with Gasteiger partial charge in [0.05, 0.1) is 20.3 Å². The van der Waals surface area contributed by atoms with Gasteiger partial charge in [0, 0.05) is 6.54 Å². The fraction of sp³-hybridized carbons (Fsp3) is 0.533. The number of hydrogen-bond acceptors (Lipinski definition) is 3. The lowest BCUT2D eigenvalue weighted by Crippen LogP contribution is -2.34. The number of halogens is 1. The minimum absolute atomic E-state index is 0. The molecule has 0 radical (unpaired) electrons. The van der Waals surface area contributed by atoms with E-state index in [1.165, 1.54) is 0 Å². The molecule has 1 aromatic rings. The van der Waals surface area contributed by atoms with Crippen molar-refractivity contribution in [3.05, 3.63) is 23.8 Å². The van der Waals surface area contributed by atoms with Crippen molar-refractivity contribution in [2.45, 2.75) is 27.3 Å². The molecule has 0 amide bonds. The first kappa shape index (κ1) is 19.8. The lowest BCUT2D eigenvalue weighted by atomic mass is 10.2. The van der Waals surface area contributed by atoms with Gasteiger partial charge >= 0.3 is 0 Å².